The number of fused-ring (bicyclic) bond motifs is 1. The number of carbonyl (C=O) groups excluding carboxylic acids is 1. The molecule has 1 atom stereocenters. The van der Waals surface area contributed by atoms with E-state index in [1.165, 1.54) is 0 Å². The molecule has 3 aromatic rings. The lowest BCUT2D eigenvalue weighted by Crippen LogP contribution is -2.29. The molecule has 112 valence electrons. The maximum Gasteiger partial charge on any atom is 0.274 e. The van der Waals surface area contributed by atoms with Crippen molar-refractivity contribution in [1.82, 2.24) is 29.0 Å². The number of aromatic nitrogens is 5. The van der Waals surface area contributed by atoms with E-state index in [0.29, 0.717) is 23.9 Å². The van der Waals surface area contributed by atoms with Gasteiger partial charge in [0.2, 0.25) is 5.78 Å². The second kappa shape index (κ2) is 4.94. The van der Waals surface area contributed by atoms with Crippen LogP contribution >= 0.6 is 0 Å². The Morgan fingerprint density at radius 1 is 1.23 bits per heavy atom. The lowest BCUT2D eigenvalue weighted by molar-refractivity contribution is 0.0784. The summed E-state index contributed by atoms with van der Waals surface area (Å²) in [6, 6.07) is 3.77. The number of imidazole rings is 1. The molecule has 1 aliphatic rings. The summed E-state index contributed by atoms with van der Waals surface area (Å²) in [7, 11) is 1.82. The third kappa shape index (κ3) is 2.05. The third-order valence-electron chi connectivity index (χ3n) is 4.16. The highest BCUT2D eigenvalue weighted by molar-refractivity contribution is 5.92. The maximum absolute atomic E-state index is 12.5. The van der Waals surface area contributed by atoms with Crippen LogP contribution in [-0.2, 0) is 7.05 Å². The molecule has 0 N–H and O–H groups in total. The Balaban J connectivity index is 1.57. The van der Waals surface area contributed by atoms with Gasteiger partial charge in [-0.3, -0.25) is 13.9 Å². The number of hydrogen-bond acceptors (Lipinski definition) is 4. The van der Waals surface area contributed by atoms with Crippen molar-refractivity contribution < 1.29 is 4.79 Å². The number of hydrogen-bond donors (Lipinski definition) is 0. The zero-order valence-electron chi connectivity index (χ0n) is 12.3. The first-order valence-electron chi connectivity index (χ1n) is 7.29. The van der Waals surface area contributed by atoms with Crippen molar-refractivity contribution in [3.05, 3.63) is 48.3 Å². The maximum atomic E-state index is 12.5. The molecule has 1 saturated heterocycles. The van der Waals surface area contributed by atoms with E-state index in [9.17, 15) is 4.79 Å². The number of amides is 1. The molecule has 0 spiro atoms. The lowest BCUT2D eigenvalue weighted by Gasteiger charge is -2.16. The largest absolute Gasteiger partial charge is 0.337 e. The van der Waals surface area contributed by atoms with Gasteiger partial charge in [-0.05, 0) is 18.6 Å². The summed E-state index contributed by atoms with van der Waals surface area (Å²) in [5, 5.41) is 4.19. The Kier molecular flexibility index (Phi) is 2.92. The molecule has 0 saturated carbocycles. The van der Waals surface area contributed by atoms with E-state index in [2.05, 4.69) is 15.1 Å². The highest BCUT2D eigenvalue weighted by Crippen LogP contribution is 2.27. The Labute approximate surface area is 127 Å². The molecule has 0 unspecified atom stereocenters. The van der Waals surface area contributed by atoms with Crippen LogP contribution in [0.4, 0.5) is 0 Å². The van der Waals surface area contributed by atoms with Gasteiger partial charge in [0.15, 0.2) is 0 Å². The summed E-state index contributed by atoms with van der Waals surface area (Å²) in [6.07, 6.45) is 8.17. The van der Waals surface area contributed by atoms with E-state index in [4.69, 9.17) is 0 Å². The van der Waals surface area contributed by atoms with Gasteiger partial charge in [-0.25, -0.2) is 9.97 Å². The third-order valence-corrected chi connectivity index (χ3v) is 4.16. The second-order valence-electron chi connectivity index (χ2n) is 5.58. The van der Waals surface area contributed by atoms with Crippen LogP contribution < -0.4 is 0 Å². The summed E-state index contributed by atoms with van der Waals surface area (Å²) >= 11 is 0. The van der Waals surface area contributed by atoms with Gasteiger partial charge in [0, 0.05) is 56.5 Å². The van der Waals surface area contributed by atoms with Crippen LogP contribution in [0.5, 0.6) is 0 Å². The Hall–Kier alpha value is -2.70. The van der Waals surface area contributed by atoms with Gasteiger partial charge in [-0.1, -0.05) is 0 Å². The molecule has 0 aromatic carbocycles. The molecule has 3 aromatic heterocycles. The van der Waals surface area contributed by atoms with Gasteiger partial charge in [-0.2, -0.15) is 5.10 Å². The topological polar surface area (TPSA) is 68.3 Å². The number of nitrogens with zero attached hydrogens (tertiary/aromatic N) is 6. The first-order chi connectivity index (χ1) is 10.7. The fraction of sp³-hybridized carbons (Fsp3) is 0.333. The molecule has 4 heterocycles. The van der Waals surface area contributed by atoms with Crippen LogP contribution in [0.15, 0.2) is 36.9 Å². The van der Waals surface area contributed by atoms with Crippen molar-refractivity contribution in [2.45, 2.75) is 12.3 Å². The van der Waals surface area contributed by atoms with E-state index in [1.807, 2.05) is 28.6 Å². The van der Waals surface area contributed by atoms with Crippen molar-refractivity contribution >= 4 is 11.7 Å². The fourth-order valence-electron chi connectivity index (χ4n) is 3.06. The predicted molar refractivity (Wildman–Crippen MR) is 79.5 cm³/mol. The molecule has 7 heteroatoms. The molecule has 22 heavy (non-hydrogen) atoms. The van der Waals surface area contributed by atoms with Crippen molar-refractivity contribution in [3.63, 3.8) is 0 Å². The average Bonchev–Trinajstić information content (AvgIpc) is 3.26. The van der Waals surface area contributed by atoms with Crippen LogP contribution in [0, 0.1) is 0 Å². The first kappa shape index (κ1) is 13.0. The standard InChI is InChI=1S/C15H16N6O/c1-19-7-4-12(18-19)14(22)20-8-3-11(10-20)13-2-5-16-15-17-6-9-21(13)15/h2,4-7,9,11H,3,8,10H2,1H3/t11-/m0/s1. The number of aryl methyl sites for hydroxylation is 1. The zero-order chi connectivity index (χ0) is 15.1. The lowest BCUT2D eigenvalue weighted by atomic mass is 10.0. The molecule has 1 amide bonds. The highest BCUT2D eigenvalue weighted by Gasteiger charge is 2.30. The van der Waals surface area contributed by atoms with E-state index in [0.717, 1.165) is 18.7 Å². The van der Waals surface area contributed by atoms with E-state index in [-0.39, 0.29) is 5.91 Å². The normalized spacial score (nSPS) is 18.2. The molecule has 0 bridgehead atoms. The quantitative estimate of drug-likeness (QED) is 0.710. The Morgan fingerprint density at radius 2 is 2.09 bits per heavy atom. The Bertz CT molecular complexity index is 835. The SMILES string of the molecule is Cn1ccc(C(=O)N2CC[C@H](c3ccnc4nccn34)C2)n1. The minimum atomic E-state index is -0.000897. The van der Waals surface area contributed by atoms with Crippen LogP contribution in [0.1, 0.15) is 28.5 Å². The summed E-state index contributed by atoms with van der Waals surface area (Å²) in [5.41, 5.74) is 1.66. The molecule has 1 fully saturated rings. The van der Waals surface area contributed by atoms with Crippen molar-refractivity contribution in [2.24, 2.45) is 7.05 Å². The molecular formula is C15H16N6O. The van der Waals surface area contributed by atoms with Gasteiger partial charge >= 0.3 is 0 Å². The zero-order valence-corrected chi connectivity index (χ0v) is 12.3. The second-order valence-corrected chi connectivity index (χ2v) is 5.58. The molecule has 1 aliphatic heterocycles. The van der Waals surface area contributed by atoms with Crippen LogP contribution in [0.3, 0.4) is 0 Å². The van der Waals surface area contributed by atoms with Gasteiger partial charge in [0.25, 0.3) is 5.91 Å². The van der Waals surface area contributed by atoms with Crippen LogP contribution in [0.25, 0.3) is 5.78 Å². The van der Waals surface area contributed by atoms with Crippen molar-refractivity contribution in [3.8, 4) is 0 Å². The minimum absolute atomic E-state index is 0.000897. The fourth-order valence-corrected chi connectivity index (χ4v) is 3.06. The number of carbonyl (C=O) groups is 1. The van der Waals surface area contributed by atoms with Crippen LogP contribution in [-0.4, -0.2) is 48.0 Å². The molecule has 0 radical (unpaired) electrons. The Morgan fingerprint density at radius 3 is 2.91 bits per heavy atom. The van der Waals surface area contributed by atoms with E-state index < -0.39 is 0 Å². The average molecular weight is 296 g/mol. The van der Waals surface area contributed by atoms with Crippen LogP contribution in [0.2, 0.25) is 0 Å². The van der Waals surface area contributed by atoms with Crippen molar-refractivity contribution in [2.75, 3.05) is 13.1 Å². The molecular weight excluding hydrogens is 280 g/mol. The van der Waals surface area contributed by atoms with E-state index in [1.54, 1.807) is 29.3 Å². The smallest absolute Gasteiger partial charge is 0.274 e. The highest BCUT2D eigenvalue weighted by atomic mass is 16.2. The number of likely N-dealkylation sites (tertiary alicyclic amines) is 1. The van der Waals surface area contributed by atoms with Gasteiger partial charge in [0.05, 0.1) is 0 Å². The minimum Gasteiger partial charge on any atom is -0.337 e. The summed E-state index contributed by atoms with van der Waals surface area (Å²) < 4.78 is 3.65. The molecule has 0 aliphatic carbocycles. The predicted octanol–water partition coefficient (Wildman–Crippen LogP) is 1.09. The summed E-state index contributed by atoms with van der Waals surface area (Å²) in [4.78, 5) is 22.8. The molecule has 4 rings (SSSR count). The summed E-state index contributed by atoms with van der Waals surface area (Å²) in [5.74, 6) is 0.999. The number of rotatable bonds is 2. The van der Waals surface area contributed by atoms with Gasteiger partial charge in [-0.15, -0.1) is 0 Å². The van der Waals surface area contributed by atoms with Gasteiger partial charge < -0.3 is 4.90 Å². The summed E-state index contributed by atoms with van der Waals surface area (Å²) in [6.45, 7) is 1.45. The first-order valence-corrected chi connectivity index (χ1v) is 7.29. The molecule has 7 nitrogen and oxygen atoms in total. The monoisotopic (exact) mass is 296 g/mol. The van der Waals surface area contributed by atoms with Crippen molar-refractivity contribution in [1.29, 1.82) is 0 Å². The van der Waals surface area contributed by atoms with Gasteiger partial charge in [0.1, 0.15) is 5.69 Å². The van der Waals surface area contributed by atoms with E-state index >= 15 is 0 Å².